The van der Waals surface area contributed by atoms with Crippen LogP contribution in [0.2, 0.25) is 5.02 Å². The number of ether oxygens (including phenoxy) is 1. The second-order valence-electron chi connectivity index (χ2n) is 8.10. The number of carbonyl (C=O) groups is 1. The highest BCUT2D eigenvalue weighted by atomic mass is 35.5. The van der Waals surface area contributed by atoms with Gasteiger partial charge in [0.05, 0.1) is 24.5 Å². The number of likely N-dealkylation sites (tertiary alicyclic amines) is 1. The number of para-hydroxylation sites is 1. The van der Waals surface area contributed by atoms with Crippen LogP contribution in [0.15, 0.2) is 41.3 Å². The lowest BCUT2D eigenvalue weighted by Crippen LogP contribution is -2.43. The van der Waals surface area contributed by atoms with Crippen LogP contribution in [-0.4, -0.2) is 53.6 Å². The molecule has 2 N–H and O–H groups in total. The lowest BCUT2D eigenvalue weighted by Gasteiger charge is -2.32. The minimum Gasteiger partial charge on any atom is -0.382 e. The maximum atomic E-state index is 12.8. The zero-order valence-electron chi connectivity index (χ0n) is 17.4. The Morgan fingerprint density at radius 2 is 1.97 bits per heavy atom. The van der Waals surface area contributed by atoms with E-state index in [2.05, 4.69) is 15.7 Å². The van der Waals surface area contributed by atoms with E-state index in [1.54, 1.807) is 11.1 Å². The maximum absolute atomic E-state index is 12.8. The summed E-state index contributed by atoms with van der Waals surface area (Å²) in [5.41, 5.74) is 1.04. The summed E-state index contributed by atoms with van der Waals surface area (Å²) in [6.45, 7) is 3.36. The van der Waals surface area contributed by atoms with E-state index in [0.29, 0.717) is 44.1 Å². The molecule has 1 atom stereocenters. The Balaban J connectivity index is 1.33. The molecule has 2 aliphatic heterocycles. The van der Waals surface area contributed by atoms with Gasteiger partial charge >= 0.3 is 6.03 Å². The van der Waals surface area contributed by atoms with Crippen molar-refractivity contribution in [2.24, 2.45) is 5.92 Å². The summed E-state index contributed by atoms with van der Waals surface area (Å²) in [6.07, 6.45) is 5.09. The van der Waals surface area contributed by atoms with Crippen molar-refractivity contribution < 1.29 is 9.53 Å². The van der Waals surface area contributed by atoms with Crippen molar-refractivity contribution in [2.45, 2.75) is 31.7 Å². The van der Waals surface area contributed by atoms with Crippen molar-refractivity contribution in [3.63, 3.8) is 0 Å². The summed E-state index contributed by atoms with van der Waals surface area (Å²) < 4.78 is 6.96. The van der Waals surface area contributed by atoms with Crippen molar-refractivity contribution in [1.82, 2.24) is 14.7 Å². The fraction of sp³-hybridized carbons (Fsp3) is 0.500. The van der Waals surface area contributed by atoms with E-state index in [9.17, 15) is 9.59 Å². The third-order valence-corrected chi connectivity index (χ3v) is 6.27. The molecule has 0 saturated carbocycles. The van der Waals surface area contributed by atoms with Crippen LogP contribution in [0.3, 0.4) is 0 Å². The number of benzene rings is 1. The Kier molecular flexibility index (Phi) is 7.09. The summed E-state index contributed by atoms with van der Waals surface area (Å²) in [6, 6.07) is 9.17. The van der Waals surface area contributed by atoms with Gasteiger partial charge < -0.3 is 20.3 Å². The first-order valence-electron chi connectivity index (χ1n) is 10.8. The van der Waals surface area contributed by atoms with Crippen LogP contribution in [0.25, 0.3) is 0 Å². The number of carbonyl (C=O) groups excluding carboxylic acids is 1. The monoisotopic (exact) mass is 445 g/mol. The Hall–Kier alpha value is -2.58. The highest BCUT2D eigenvalue weighted by molar-refractivity contribution is 6.32. The fourth-order valence-corrected chi connectivity index (χ4v) is 4.29. The van der Waals surface area contributed by atoms with Gasteiger partial charge in [0.25, 0.3) is 5.56 Å². The first-order valence-corrected chi connectivity index (χ1v) is 11.2. The highest BCUT2D eigenvalue weighted by Gasteiger charge is 2.26. The van der Waals surface area contributed by atoms with Gasteiger partial charge in [-0.1, -0.05) is 29.8 Å². The van der Waals surface area contributed by atoms with Gasteiger partial charge in [-0.3, -0.25) is 4.79 Å². The number of nitrogens with zero attached hydrogens (tertiary/aromatic N) is 3. The second kappa shape index (κ2) is 10.2. The zero-order valence-corrected chi connectivity index (χ0v) is 18.2. The summed E-state index contributed by atoms with van der Waals surface area (Å²) in [4.78, 5) is 27.0. The summed E-state index contributed by atoms with van der Waals surface area (Å²) >= 11 is 6.36. The Bertz CT molecular complexity index is 938. The van der Waals surface area contributed by atoms with E-state index < -0.39 is 0 Å². The van der Waals surface area contributed by atoms with E-state index in [4.69, 9.17) is 16.3 Å². The average molecular weight is 446 g/mol. The van der Waals surface area contributed by atoms with Crippen LogP contribution >= 0.6 is 11.6 Å². The predicted octanol–water partition coefficient (Wildman–Crippen LogP) is 3.60. The molecule has 2 fully saturated rings. The number of rotatable bonds is 5. The van der Waals surface area contributed by atoms with Gasteiger partial charge in [-0.05, 0) is 43.7 Å². The Morgan fingerprint density at radius 1 is 1.19 bits per heavy atom. The quantitative estimate of drug-likeness (QED) is 0.734. The molecule has 0 aliphatic carbocycles. The van der Waals surface area contributed by atoms with Crippen molar-refractivity contribution >= 4 is 29.0 Å². The number of hydrogen-bond donors (Lipinski definition) is 2. The zero-order chi connectivity index (χ0) is 21.6. The molecule has 3 heterocycles. The van der Waals surface area contributed by atoms with Gasteiger partial charge in [0.15, 0.2) is 0 Å². The molecule has 2 aromatic rings. The van der Waals surface area contributed by atoms with Gasteiger partial charge in [-0.2, -0.15) is 5.10 Å². The number of aromatic nitrogens is 2. The van der Waals surface area contributed by atoms with E-state index in [1.807, 2.05) is 30.3 Å². The topological polar surface area (TPSA) is 88.5 Å². The summed E-state index contributed by atoms with van der Waals surface area (Å²) in [5, 5.41) is 10.7. The molecule has 1 unspecified atom stereocenters. The lowest BCUT2D eigenvalue weighted by molar-refractivity contribution is 0.0595. The normalized spacial score (nSPS) is 19.8. The molecule has 0 spiro atoms. The first-order chi connectivity index (χ1) is 15.1. The minimum atomic E-state index is -0.293. The number of amides is 2. The summed E-state index contributed by atoms with van der Waals surface area (Å²) in [7, 11) is 0. The van der Waals surface area contributed by atoms with E-state index in [1.165, 1.54) is 4.68 Å². The van der Waals surface area contributed by atoms with Crippen molar-refractivity contribution in [3.05, 3.63) is 51.9 Å². The van der Waals surface area contributed by atoms with Crippen LogP contribution < -0.4 is 16.2 Å². The molecule has 2 aliphatic rings. The van der Waals surface area contributed by atoms with Gasteiger partial charge in [0.2, 0.25) is 0 Å². The van der Waals surface area contributed by atoms with Gasteiger partial charge in [-0.25, -0.2) is 9.48 Å². The highest BCUT2D eigenvalue weighted by Crippen LogP contribution is 2.24. The molecule has 0 radical (unpaired) electrons. The minimum absolute atomic E-state index is 0.0773. The maximum Gasteiger partial charge on any atom is 0.321 e. The number of urea groups is 1. The molecule has 4 rings (SSSR count). The molecule has 0 bridgehead atoms. The molecule has 8 nitrogen and oxygen atoms in total. The predicted molar refractivity (Wildman–Crippen MR) is 121 cm³/mol. The third kappa shape index (κ3) is 5.37. The second-order valence-corrected chi connectivity index (χ2v) is 8.48. The average Bonchev–Trinajstić information content (AvgIpc) is 2.81. The molecular formula is C22H28ClN5O3. The smallest absolute Gasteiger partial charge is 0.321 e. The Labute approximate surface area is 186 Å². The number of nitrogens with one attached hydrogen (secondary N) is 2. The number of anilines is 2. The van der Waals surface area contributed by atoms with Crippen LogP contribution in [0, 0.1) is 5.92 Å². The SMILES string of the molecule is O=C(Nc1ccccc1)N1CCC(n2ncc(NCC3CCCOC3)c(Cl)c2=O)CC1. The fourth-order valence-electron chi connectivity index (χ4n) is 4.09. The number of halogens is 1. The lowest BCUT2D eigenvalue weighted by atomic mass is 10.0. The van der Waals surface area contributed by atoms with Crippen LogP contribution in [0.5, 0.6) is 0 Å². The molecule has 1 aromatic heterocycles. The van der Waals surface area contributed by atoms with Crippen molar-refractivity contribution in [3.8, 4) is 0 Å². The largest absolute Gasteiger partial charge is 0.382 e. The molecule has 31 heavy (non-hydrogen) atoms. The summed E-state index contributed by atoms with van der Waals surface area (Å²) in [5.74, 6) is 0.415. The van der Waals surface area contributed by atoms with E-state index >= 15 is 0 Å². The molecule has 1 aromatic carbocycles. The standard InChI is InChI=1S/C22H28ClN5O3/c23-20-19(24-13-16-5-4-12-31-15-16)14-25-28(21(20)29)18-8-10-27(11-9-18)22(30)26-17-6-2-1-3-7-17/h1-3,6-7,14,16,18,24H,4-5,8-13,15H2,(H,26,30). The van der Waals surface area contributed by atoms with Gasteiger partial charge in [0, 0.05) is 31.9 Å². The van der Waals surface area contributed by atoms with Crippen LogP contribution in [0.4, 0.5) is 16.2 Å². The van der Waals surface area contributed by atoms with Gasteiger partial charge in [-0.15, -0.1) is 0 Å². The van der Waals surface area contributed by atoms with Crippen LogP contribution in [0.1, 0.15) is 31.7 Å². The molecule has 9 heteroatoms. The molecule has 2 saturated heterocycles. The number of piperidine rings is 1. The Morgan fingerprint density at radius 3 is 2.68 bits per heavy atom. The van der Waals surface area contributed by atoms with Crippen molar-refractivity contribution in [2.75, 3.05) is 43.5 Å². The first kappa shape index (κ1) is 21.6. The van der Waals surface area contributed by atoms with E-state index in [-0.39, 0.29) is 22.7 Å². The molecule has 166 valence electrons. The molecular weight excluding hydrogens is 418 g/mol. The van der Waals surface area contributed by atoms with Crippen LogP contribution in [-0.2, 0) is 4.74 Å². The number of hydrogen-bond acceptors (Lipinski definition) is 5. The van der Waals surface area contributed by atoms with Gasteiger partial charge in [0.1, 0.15) is 5.02 Å². The van der Waals surface area contributed by atoms with Crippen molar-refractivity contribution in [1.29, 1.82) is 0 Å². The molecule has 2 amide bonds. The van der Waals surface area contributed by atoms with E-state index in [0.717, 1.165) is 31.7 Å². The third-order valence-electron chi connectivity index (χ3n) is 5.90.